The van der Waals surface area contributed by atoms with Crippen LogP contribution in [0.4, 0.5) is 8.78 Å². The van der Waals surface area contributed by atoms with Crippen molar-refractivity contribution >= 4 is 11.6 Å². The molecule has 0 saturated heterocycles. The molecule has 0 heterocycles. The highest BCUT2D eigenvalue weighted by atomic mass is 35.5. The lowest BCUT2D eigenvalue weighted by molar-refractivity contribution is 0.0884. The van der Waals surface area contributed by atoms with E-state index in [1.54, 1.807) is 12.1 Å². The van der Waals surface area contributed by atoms with Crippen molar-refractivity contribution in [2.45, 2.75) is 17.9 Å². The standard InChI is InChI=1S/C10H10ClF2NO/c1-15-8-6(3-2-4-7(8)11)9(14)5-10(9,12)13/h2-4H,5,14H2,1H3. The summed E-state index contributed by atoms with van der Waals surface area (Å²) in [6.45, 7) is 0. The maximum absolute atomic E-state index is 13.1. The average molecular weight is 234 g/mol. The van der Waals surface area contributed by atoms with Crippen molar-refractivity contribution in [2.24, 2.45) is 5.73 Å². The molecule has 1 saturated carbocycles. The van der Waals surface area contributed by atoms with Crippen molar-refractivity contribution in [1.82, 2.24) is 0 Å². The molecule has 0 amide bonds. The van der Waals surface area contributed by atoms with Gasteiger partial charge in [0.15, 0.2) is 0 Å². The Morgan fingerprint density at radius 3 is 2.53 bits per heavy atom. The molecule has 1 aromatic rings. The molecular weight excluding hydrogens is 224 g/mol. The van der Waals surface area contributed by atoms with Crippen molar-refractivity contribution in [3.8, 4) is 5.75 Å². The van der Waals surface area contributed by atoms with Crippen LogP contribution in [0.5, 0.6) is 5.75 Å². The zero-order chi connectivity index (χ0) is 11.3. The summed E-state index contributed by atoms with van der Waals surface area (Å²) < 4.78 is 31.2. The first-order valence-corrected chi connectivity index (χ1v) is 4.80. The molecule has 15 heavy (non-hydrogen) atoms. The summed E-state index contributed by atoms with van der Waals surface area (Å²) >= 11 is 5.83. The molecule has 0 aromatic heterocycles. The number of halogens is 3. The van der Waals surface area contributed by atoms with Crippen LogP contribution in [0, 0.1) is 0 Å². The molecule has 0 spiro atoms. The first-order chi connectivity index (χ1) is 6.92. The van der Waals surface area contributed by atoms with E-state index in [0.29, 0.717) is 5.02 Å². The highest BCUT2D eigenvalue weighted by Crippen LogP contribution is 2.59. The molecule has 2 rings (SSSR count). The van der Waals surface area contributed by atoms with E-state index in [1.165, 1.54) is 13.2 Å². The number of para-hydroxylation sites is 1. The first-order valence-electron chi connectivity index (χ1n) is 4.42. The summed E-state index contributed by atoms with van der Waals surface area (Å²) in [5, 5.41) is 0.294. The number of nitrogens with two attached hydrogens (primary N) is 1. The lowest BCUT2D eigenvalue weighted by Gasteiger charge is -2.15. The van der Waals surface area contributed by atoms with Gasteiger partial charge in [0.2, 0.25) is 0 Å². The van der Waals surface area contributed by atoms with Crippen LogP contribution in [0.25, 0.3) is 0 Å². The monoisotopic (exact) mass is 233 g/mol. The number of benzene rings is 1. The third-order valence-corrected chi connectivity index (χ3v) is 2.98. The van der Waals surface area contributed by atoms with Crippen LogP contribution in [0.15, 0.2) is 18.2 Å². The van der Waals surface area contributed by atoms with Gasteiger partial charge in [0.1, 0.15) is 11.3 Å². The Hall–Kier alpha value is -0.870. The number of rotatable bonds is 2. The van der Waals surface area contributed by atoms with E-state index in [2.05, 4.69) is 0 Å². The zero-order valence-electron chi connectivity index (χ0n) is 8.06. The predicted molar refractivity (Wildman–Crippen MR) is 53.4 cm³/mol. The van der Waals surface area contributed by atoms with Gasteiger partial charge in [0, 0.05) is 12.0 Å². The molecule has 0 aliphatic heterocycles. The quantitative estimate of drug-likeness (QED) is 0.852. The van der Waals surface area contributed by atoms with Gasteiger partial charge >= 0.3 is 0 Å². The summed E-state index contributed by atoms with van der Waals surface area (Å²) in [6, 6.07) is 4.68. The van der Waals surface area contributed by atoms with Crippen LogP contribution in [0.2, 0.25) is 5.02 Å². The number of hydrogen-bond donors (Lipinski definition) is 1. The first kappa shape index (κ1) is 10.6. The number of hydrogen-bond acceptors (Lipinski definition) is 2. The molecule has 1 atom stereocenters. The lowest BCUT2D eigenvalue weighted by atomic mass is 10.0. The summed E-state index contributed by atoms with van der Waals surface area (Å²) in [4.78, 5) is 0. The Labute approximate surface area is 91.0 Å². The number of ether oxygens (including phenoxy) is 1. The minimum absolute atomic E-state index is 0.235. The van der Waals surface area contributed by atoms with E-state index in [0.717, 1.165) is 0 Å². The minimum Gasteiger partial charge on any atom is -0.495 e. The minimum atomic E-state index is -2.87. The predicted octanol–water partition coefficient (Wildman–Crippen LogP) is 2.54. The van der Waals surface area contributed by atoms with Gasteiger partial charge in [-0.05, 0) is 6.07 Å². The molecule has 2 nitrogen and oxygen atoms in total. The van der Waals surface area contributed by atoms with Crippen LogP contribution in [0.3, 0.4) is 0 Å². The van der Waals surface area contributed by atoms with Crippen LogP contribution < -0.4 is 10.5 Å². The Bertz CT molecular complexity index is 410. The van der Waals surface area contributed by atoms with Crippen molar-refractivity contribution in [3.63, 3.8) is 0 Å². The van der Waals surface area contributed by atoms with Gasteiger partial charge in [-0.3, -0.25) is 0 Å². The topological polar surface area (TPSA) is 35.2 Å². The van der Waals surface area contributed by atoms with Gasteiger partial charge in [-0.25, -0.2) is 8.78 Å². The number of methoxy groups -OCH3 is 1. The Balaban J connectivity index is 2.51. The molecule has 1 aliphatic rings. The van der Waals surface area contributed by atoms with E-state index < -0.39 is 11.5 Å². The molecule has 1 aliphatic carbocycles. The summed E-state index contributed by atoms with van der Waals surface area (Å²) in [5.74, 6) is -2.64. The fourth-order valence-corrected chi connectivity index (χ4v) is 1.92. The van der Waals surface area contributed by atoms with E-state index in [1.807, 2.05) is 0 Å². The van der Waals surface area contributed by atoms with Crippen LogP contribution in [-0.4, -0.2) is 13.0 Å². The maximum atomic E-state index is 13.1. The summed E-state index contributed by atoms with van der Waals surface area (Å²) in [7, 11) is 1.38. The average Bonchev–Trinajstić information content (AvgIpc) is 2.67. The van der Waals surface area contributed by atoms with Crippen LogP contribution >= 0.6 is 11.6 Å². The SMILES string of the molecule is COc1c(Cl)cccc1C1(N)CC1(F)F. The molecule has 82 valence electrons. The molecule has 1 fully saturated rings. The second kappa shape index (κ2) is 3.06. The Morgan fingerprint density at radius 2 is 2.07 bits per heavy atom. The molecular formula is C10H10ClF2NO. The second-order valence-corrected chi connectivity index (χ2v) is 4.08. The molecule has 1 unspecified atom stereocenters. The van der Waals surface area contributed by atoms with Crippen molar-refractivity contribution in [2.75, 3.05) is 7.11 Å². The lowest BCUT2D eigenvalue weighted by Crippen LogP contribution is -2.27. The van der Waals surface area contributed by atoms with Gasteiger partial charge in [-0.15, -0.1) is 0 Å². The zero-order valence-corrected chi connectivity index (χ0v) is 8.81. The highest BCUT2D eigenvalue weighted by molar-refractivity contribution is 6.32. The van der Waals surface area contributed by atoms with Crippen LogP contribution in [0.1, 0.15) is 12.0 Å². The third kappa shape index (κ3) is 1.40. The molecule has 5 heteroatoms. The second-order valence-electron chi connectivity index (χ2n) is 3.67. The van der Waals surface area contributed by atoms with Gasteiger partial charge in [0.25, 0.3) is 5.92 Å². The summed E-state index contributed by atoms with van der Waals surface area (Å²) in [5.41, 5.74) is 4.25. The van der Waals surface area contributed by atoms with E-state index >= 15 is 0 Å². The van der Waals surface area contributed by atoms with E-state index in [-0.39, 0.29) is 17.7 Å². The molecule has 0 radical (unpaired) electrons. The fraction of sp³-hybridized carbons (Fsp3) is 0.400. The van der Waals surface area contributed by atoms with Gasteiger partial charge < -0.3 is 10.5 Å². The van der Waals surface area contributed by atoms with Gasteiger partial charge in [0.05, 0.1) is 12.1 Å². The van der Waals surface area contributed by atoms with Gasteiger partial charge in [-0.1, -0.05) is 23.7 Å². The Morgan fingerprint density at radius 1 is 1.47 bits per heavy atom. The van der Waals surface area contributed by atoms with E-state index in [4.69, 9.17) is 22.1 Å². The fourth-order valence-electron chi connectivity index (χ4n) is 1.67. The summed E-state index contributed by atoms with van der Waals surface area (Å²) in [6.07, 6.45) is -0.364. The van der Waals surface area contributed by atoms with Gasteiger partial charge in [-0.2, -0.15) is 0 Å². The van der Waals surface area contributed by atoms with Crippen molar-refractivity contribution in [3.05, 3.63) is 28.8 Å². The number of alkyl halides is 2. The third-order valence-electron chi connectivity index (χ3n) is 2.68. The maximum Gasteiger partial charge on any atom is 0.272 e. The van der Waals surface area contributed by atoms with Crippen LogP contribution in [-0.2, 0) is 5.54 Å². The Kier molecular flexibility index (Phi) is 2.17. The molecule has 1 aromatic carbocycles. The van der Waals surface area contributed by atoms with Crippen molar-refractivity contribution < 1.29 is 13.5 Å². The normalized spacial score (nSPS) is 27.5. The molecule has 2 N–H and O–H groups in total. The smallest absolute Gasteiger partial charge is 0.272 e. The van der Waals surface area contributed by atoms with E-state index in [9.17, 15) is 8.78 Å². The largest absolute Gasteiger partial charge is 0.495 e. The molecule has 0 bridgehead atoms. The van der Waals surface area contributed by atoms with Crippen molar-refractivity contribution in [1.29, 1.82) is 0 Å². The highest BCUT2D eigenvalue weighted by Gasteiger charge is 2.70.